The molecule has 0 N–H and O–H groups in total. The highest BCUT2D eigenvalue weighted by molar-refractivity contribution is 5.28. The van der Waals surface area contributed by atoms with Gasteiger partial charge in [-0.25, -0.2) is 0 Å². The average Bonchev–Trinajstić information content (AvgIpc) is 2.77. The minimum Gasteiger partial charge on any atom is -0.489 e. The second-order valence-electron chi connectivity index (χ2n) is 4.69. The average molecular weight is 254 g/mol. The Kier molecular flexibility index (Phi) is 7.78. The zero-order valence-electron chi connectivity index (χ0n) is 11.9. The Bertz CT molecular complexity index is 281. The topological polar surface area (TPSA) is 27.7 Å². The molecule has 3 heteroatoms. The van der Waals surface area contributed by atoms with Crippen molar-refractivity contribution >= 4 is 0 Å². The van der Waals surface area contributed by atoms with Gasteiger partial charge in [0, 0.05) is 7.11 Å². The van der Waals surface area contributed by atoms with Crippen LogP contribution in [0.4, 0.5) is 0 Å². The maximum absolute atomic E-state index is 5.68. The maximum Gasteiger partial charge on any atom is 0.147 e. The van der Waals surface area contributed by atoms with Gasteiger partial charge in [0.15, 0.2) is 0 Å². The number of hydrogen-bond acceptors (Lipinski definition) is 3. The fraction of sp³-hybridized carbons (Fsp3) is 0.733. The zero-order valence-corrected chi connectivity index (χ0v) is 11.9. The fourth-order valence-corrected chi connectivity index (χ4v) is 1.96. The van der Waals surface area contributed by atoms with E-state index in [4.69, 9.17) is 14.2 Å². The van der Waals surface area contributed by atoms with E-state index < -0.39 is 0 Å². The van der Waals surface area contributed by atoms with Gasteiger partial charge in [-0.2, -0.15) is 0 Å². The van der Waals surface area contributed by atoms with E-state index in [1.807, 2.05) is 0 Å². The predicted molar refractivity (Wildman–Crippen MR) is 73.3 cm³/mol. The van der Waals surface area contributed by atoms with Crippen molar-refractivity contribution in [2.45, 2.75) is 52.1 Å². The Morgan fingerprint density at radius 2 is 2.22 bits per heavy atom. The van der Waals surface area contributed by atoms with Crippen molar-refractivity contribution in [1.29, 1.82) is 0 Å². The first-order valence-corrected chi connectivity index (χ1v) is 6.90. The Hall–Kier alpha value is -0.800. The minimum atomic E-state index is 0.0956. The van der Waals surface area contributed by atoms with Crippen molar-refractivity contribution in [3.05, 3.63) is 23.5 Å². The Morgan fingerprint density at radius 1 is 1.39 bits per heavy atom. The molecule has 1 atom stereocenters. The van der Waals surface area contributed by atoms with Crippen LogP contribution in [0, 0.1) is 0 Å². The molecule has 3 nitrogen and oxygen atoms in total. The quantitative estimate of drug-likeness (QED) is 0.462. The van der Waals surface area contributed by atoms with Crippen molar-refractivity contribution in [1.82, 2.24) is 0 Å². The molecule has 1 rings (SSSR count). The van der Waals surface area contributed by atoms with Crippen molar-refractivity contribution in [2.24, 2.45) is 0 Å². The molecule has 0 aromatic rings. The summed E-state index contributed by atoms with van der Waals surface area (Å²) in [6.07, 6.45) is 10.3. The Balaban J connectivity index is 2.42. The normalized spacial score (nSPS) is 18.8. The van der Waals surface area contributed by atoms with E-state index in [9.17, 15) is 0 Å². The first kappa shape index (κ1) is 15.3. The molecule has 1 aliphatic rings. The number of rotatable bonds is 9. The van der Waals surface area contributed by atoms with Crippen LogP contribution in [0.25, 0.3) is 0 Å². The van der Waals surface area contributed by atoms with Crippen LogP contribution in [-0.4, -0.2) is 26.6 Å². The van der Waals surface area contributed by atoms with Crippen molar-refractivity contribution in [3.8, 4) is 0 Å². The summed E-state index contributed by atoms with van der Waals surface area (Å²) in [6.45, 7) is 5.32. The summed E-state index contributed by atoms with van der Waals surface area (Å²) >= 11 is 0. The van der Waals surface area contributed by atoms with Crippen LogP contribution in [0.1, 0.15) is 46.0 Å². The highest BCUT2D eigenvalue weighted by Gasteiger charge is 2.13. The molecule has 0 aromatic carbocycles. The number of allylic oxidation sites excluding steroid dienone is 1. The van der Waals surface area contributed by atoms with Crippen molar-refractivity contribution < 1.29 is 14.2 Å². The van der Waals surface area contributed by atoms with E-state index in [0.717, 1.165) is 12.2 Å². The van der Waals surface area contributed by atoms with Gasteiger partial charge in [-0.05, 0) is 31.1 Å². The minimum absolute atomic E-state index is 0.0956. The smallest absolute Gasteiger partial charge is 0.147 e. The largest absolute Gasteiger partial charge is 0.489 e. The summed E-state index contributed by atoms with van der Waals surface area (Å²) in [5.74, 6) is 0.964. The lowest BCUT2D eigenvalue weighted by molar-refractivity contribution is -0.0588. The maximum atomic E-state index is 5.68. The molecular formula is C15H26O3. The molecule has 1 heterocycles. The predicted octanol–water partition coefficient (Wildman–Crippen LogP) is 3.81. The molecule has 0 aromatic heterocycles. The lowest BCUT2D eigenvalue weighted by Crippen LogP contribution is -2.13. The molecule has 0 radical (unpaired) electrons. The third-order valence-corrected chi connectivity index (χ3v) is 3.10. The second kappa shape index (κ2) is 9.17. The molecule has 0 amide bonds. The summed E-state index contributed by atoms with van der Waals surface area (Å²) in [5, 5.41) is 0. The summed E-state index contributed by atoms with van der Waals surface area (Å²) < 4.78 is 16.2. The van der Waals surface area contributed by atoms with E-state index in [1.54, 1.807) is 7.11 Å². The van der Waals surface area contributed by atoms with Crippen LogP contribution in [0.5, 0.6) is 0 Å². The van der Waals surface area contributed by atoms with Crippen LogP contribution in [0.15, 0.2) is 23.5 Å². The molecule has 0 saturated carbocycles. The van der Waals surface area contributed by atoms with Gasteiger partial charge in [-0.15, -0.1) is 0 Å². The molecule has 1 unspecified atom stereocenters. The van der Waals surface area contributed by atoms with Crippen molar-refractivity contribution in [3.63, 3.8) is 0 Å². The standard InChI is InChI=1S/C15H26O3/c1-4-5-6-7-8-14(18-12-16-3)11-15-13(2)9-10-17-15/h9,11,14H,4-8,10,12H2,1-3H3/b15-11+. The molecule has 0 saturated heterocycles. The third kappa shape index (κ3) is 5.69. The highest BCUT2D eigenvalue weighted by Crippen LogP contribution is 2.20. The molecule has 104 valence electrons. The SMILES string of the molecule is CCCCCCC(/C=C1/OCC=C1C)OCOC. The van der Waals surface area contributed by atoms with Gasteiger partial charge in [-0.1, -0.05) is 32.6 Å². The van der Waals surface area contributed by atoms with E-state index >= 15 is 0 Å². The number of methoxy groups -OCH3 is 1. The second-order valence-corrected chi connectivity index (χ2v) is 4.69. The van der Waals surface area contributed by atoms with E-state index in [2.05, 4.69) is 26.0 Å². The van der Waals surface area contributed by atoms with Gasteiger partial charge < -0.3 is 14.2 Å². The lowest BCUT2D eigenvalue weighted by atomic mass is 10.1. The van der Waals surface area contributed by atoms with Crippen LogP contribution in [-0.2, 0) is 14.2 Å². The zero-order chi connectivity index (χ0) is 13.2. The van der Waals surface area contributed by atoms with E-state index in [0.29, 0.717) is 13.4 Å². The molecule has 0 aliphatic carbocycles. The van der Waals surface area contributed by atoms with Gasteiger partial charge in [0.25, 0.3) is 0 Å². The highest BCUT2D eigenvalue weighted by atomic mass is 16.7. The summed E-state index contributed by atoms with van der Waals surface area (Å²) in [7, 11) is 1.65. The lowest BCUT2D eigenvalue weighted by Gasteiger charge is -2.15. The van der Waals surface area contributed by atoms with Gasteiger partial charge in [0.2, 0.25) is 0 Å². The molecule has 0 spiro atoms. The van der Waals surface area contributed by atoms with Gasteiger partial charge in [0.1, 0.15) is 19.2 Å². The first-order valence-electron chi connectivity index (χ1n) is 6.90. The van der Waals surface area contributed by atoms with Crippen LogP contribution in [0.2, 0.25) is 0 Å². The number of ether oxygens (including phenoxy) is 3. The first-order chi connectivity index (χ1) is 8.77. The number of unbranched alkanes of at least 4 members (excludes halogenated alkanes) is 3. The third-order valence-electron chi connectivity index (χ3n) is 3.10. The fourth-order valence-electron chi connectivity index (χ4n) is 1.96. The van der Waals surface area contributed by atoms with E-state index in [-0.39, 0.29) is 6.10 Å². The Labute approximate surface area is 111 Å². The van der Waals surface area contributed by atoms with Crippen LogP contribution < -0.4 is 0 Å². The van der Waals surface area contributed by atoms with Gasteiger partial charge in [-0.3, -0.25) is 0 Å². The molecular weight excluding hydrogens is 228 g/mol. The number of hydrogen-bond donors (Lipinski definition) is 0. The summed E-state index contributed by atoms with van der Waals surface area (Å²) in [6, 6.07) is 0. The molecule has 1 aliphatic heterocycles. The monoisotopic (exact) mass is 254 g/mol. The van der Waals surface area contributed by atoms with Crippen LogP contribution in [0.3, 0.4) is 0 Å². The Morgan fingerprint density at radius 3 is 2.83 bits per heavy atom. The molecule has 18 heavy (non-hydrogen) atoms. The van der Waals surface area contributed by atoms with Crippen molar-refractivity contribution in [2.75, 3.05) is 20.5 Å². The molecule has 0 fully saturated rings. The summed E-state index contributed by atoms with van der Waals surface area (Å²) in [4.78, 5) is 0. The van der Waals surface area contributed by atoms with Gasteiger partial charge >= 0.3 is 0 Å². The van der Waals surface area contributed by atoms with E-state index in [1.165, 1.54) is 31.3 Å². The van der Waals surface area contributed by atoms with Crippen LogP contribution >= 0.6 is 0 Å². The summed E-state index contributed by atoms with van der Waals surface area (Å²) in [5.41, 5.74) is 1.20. The van der Waals surface area contributed by atoms with Gasteiger partial charge in [0.05, 0.1) is 6.10 Å². The molecule has 0 bridgehead atoms.